The molecule has 2 N–H and O–H groups in total. The van der Waals surface area contributed by atoms with E-state index in [-0.39, 0.29) is 29.2 Å². The van der Waals surface area contributed by atoms with Crippen LogP contribution >= 0.6 is 0 Å². The average Bonchev–Trinajstić information content (AvgIpc) is 2.92. The van der Waals surface area contributed by atoms with Crippen molar-refractivity contribution in [3.05, 3.63) is 0 Å². The topological polar surface area (TPSA) is 92.3 Å². The molecule has 0 bridgehead atoms. The van der Waals surface area contributed by atoms with Gasteiger partial charge >= 0.3 is 0 Å². The minimum Gasteiger partial charge on any atom is -0.356 e. The van der Waals surface area contributed by atoms with Crippen molar-refractivity contribution in [2.45, 2.75) is 51.9 Å². The molecular weight excluding hydrogens is 328 g/mol. The third kappa shape index (κ3) is 6.07. The second kappa shape index (κ2) is 8.83. The number of amides is 2. The molecule has 1 atom stereocenters. The average molecular weight is 359 g/mol. The maximum absolute atomic E-state index is 12.1. The van der Waals surface area contributed by atoms with Crippen LogP contribution in [0.3, 0.4) is 0 Å². The summed E-state index contributed by atoms with van der Waals surface area (Å²) in [5.74, 6) is 0.819. The van der Waals surface area contributed by atoms with E-state index in [4.69, 9.17) is 0 Å². The van der Waals surface area contributed by atoms with Crippen LogP contribution in [0.25, 0.3) is 0 Å². The zero-order valence-corrected chi connectivity index (χ0v) is 15.4. The van der Waals surface area contributed by atoms with E-state index in [9.17, 15) is 18.0 Å². The Labute approximate surface area is 145 Å². The van der Waals surface area contributed by atoms with E-state index in [1.807, 2.05) is 6.92 Å². The Hall–Kier alpha value is -1.11. The Morgan fingerprint density at radius 2 is 1.54 bits per heavy atom. The number of carbonyl (C=O) groups is 2. The van der Waals surface area contributed by atoms with E-state index >= 15 is 0 Å². The largest absolute Gasteiger partial charge is 0.356 e. The minimum absolute atomic E-state index is 0.00301. The van der Waals surface area contributed by atoms with Crippen LogP contribution in [0.5, 0.6) is 0 Å². The standard InChI is InChI=1S/C17H30N2O4S/c1-2-3-16(20)18-10-13-4-6-14(7-5-13)11-19-17(21)15-8-9-24(22,23)12-15/h13-15H,2-12H2,1H3,(H,18,20)(H,19,21). The van der Waals surface area contributed by atoms with Crippen molar-refractivity contribution >= 4 is 21.7 Å². The molecule has 0 spiro atoms. The summed E-state index contributed by atoms with van der Waals surface area (Å²) < 4.78 is 22.9. The highest BCUT2D eigenvalue weighted by Gasteiger charge is 2.33. The summed E-state index contributed by atoms with van der Waals surface area (Å²) in [6, 6.07) is 0. The lowest BCUT2D eigenvalue weighted by atomic mass is 9.82. The van der Waals surface area contributed by atoms with Crippen molar-refractivity contribution in [2.75, 3.05) is 24.6 Å². The van der Waals surface area contributed by atoms with Crippen LogP contribution in [0.2, 0.25) is 0 Å². The Morgan fingerprint density at radius 1 is 0.958 bits per heavy atom. The van der Waals surface area contributed by atoms with Gasteiger partial charge in [-0.25, -0.2) is 8.42 Å². The SMILES string of the molecule is CCCC(=O)NCC1CCC(CNC(=O)C2CCS(=O)(=O)C2)CC1. The third-order valence-corrected chi connectivity index (χ3v) is 6.97. The molecule has 1 unspecified atom stereocenters. The predicted octanol–water partition coefficient (Wildman–Crippen LogP) is 1.26. The summed E-state index contributed by atoms with van der Waals surface area (Å²) in [7, 11) is -3.00. The van der Waals surface area contributed by atoms with E-state index in [2.05, 4.69) is 10.6 Å². The lowest BCUT2D eigenvalue weighted by Gasteiger charge is -2.29. The lowest BCUT2D eigenvalue weighted by Crippen LogP contribution is -2.37. The van der Waals surface area contributed by atoms with Crippen LogP contribution in [-0.2, 0) is 19.4 Å². The molecule has 0 aromatic rings. The number of hydrogen-bond acceptors (Lipinski definition) is 4. The summed E-state index contributed by atoms with van der Waals surface area (Å²) in [5.41, 5.74) is 0. The third-order valence-electron chi connectivity index (χ3n) is 5.20. The minimum atomic E-state index is -3.00. The molecule has 2 rings (SSSR count). The normalized spacial score (nSPS) is 29.1. The molecule has 24 heavy (non-hydrogen) atoms. The second-order valence-electron chi connectivity index (χ2n) is 7.29. The molecule has 1 aliphatic heterocycles. The van der Waals surface area contributed by atoms with Gasteiger partial charge in [-0.3, -0.25) is 9.59 Å². The molecule has 1 aliphatic carbocycles. The zero-order valence-electron chi connectivity index (χ0n) is 14.6. The summed E-state index contributed by atoms with van der Waals surface area (Å²) in [6.07, 6.45) is 6.18. The molecular formula is C17H30N2O4S. The van der Waals surface area contributed by atoms with Crippen LogP contribution < -0.4 is 10.6 Å². The van der Waals surface area contributed by atoms with Gasteiger partial charge in [0.15, 0.2) is 9.84 Å². The molecule has 1 saturated heterocycles. The van der Waals surface area contributed by atoms with Crippen molar-refractivity contribution < 1.29 is 18.0 Å². The molecule has 7 heteroatoms. The van der Waals surface area contributed by atoms with Crippen LogP contribution in [-0.4, -0.2) is 44.8 Å². The highest BCUT2D eigenvalue weighted by molar-refractivity contribution is 7.91. The smallest absolute Gasteiger partial charge is 0.224 e. The van der Waals surface area contributed by atoms with Crippen molar-refractivity contribution in [1.82, 2.24) is 10.6 Å². The molecule has 2 amide bonds. The van der Waals surface area contributed by atoms with E-state index < -0.39 is 9.84 Å². The Morgan fingerprint density at radius 3 is 2.04 bits per heavy atom. The fraction of sp³-hybridized carbons (Fsp3) is 0.882. The van der Waals surface area contributed by atoms with Gasteiger partial charge in [-0.15, -0.1) is 0 Å². The van der Waals surface area contributed by atoms with Gasteiger partial charge in [0.05, 0.1) is 17.4 Å². The van der Waals surface area contributed by atoms with Crippen molar-refractivity contribution in [3.63, 3.8) is 0 Å². The fourth-order valence-corrected chi connectivity index (χ4v) is 5.35. The Kier molecular flexibility index (Phi) is 7.07. The van der Waals surface area contributed by atoms with Crippen molar-refractivity contribution in [1.29, 1.82) is 0 Å². The second-order valence-corrected chi connectivity index (χ2v) is 9.51. The van der Waals surface area contributed by atoms with E-state index in [1.54, 1.807) is 0 Å². The summed E-state index contributed by atoms with van der Waals surface area (Å²) in [5, 5.41) is 5.94. The van der Waals surface area contributed by atoms with Crippen molar-refractivity contribution in [2.24, 2.45) is 17.8 Å². The molecule has 1 heterocycles. The van der Waals surface area contributed by atoms with Gasteiger partial charge in [0.25, 0.3) is 0 Å². The molecule has 2 fully saturated rings. The quantitative estimate of drug-likeness (QED) is 0.717. The Bertz CT molecular complexity index is 539. The molecule has 0 radical (unpaired) electrons. The van der Waals surface area contributed by atoms with Gasteiger partial charge in [0.1, 0.15) is 0 Å². The van der Waals surface area contributed by atoms with Gasteiger partial charge < -0.3 is 10.6 Å². The van der Waals surface area contributed by atoms with Gasteiger partial charge in [0.2, 0.25) is 11.8 Å². The predicted molar refractivity (Wildman–Crippen MR) is 93.1 cm³/mol. The molecule has 138 valence electrons. The highest BCUT2D eigenvalue weighted by Crippen LogP contribution is 2.28. The van der Waals surface area contributed by atoms with Crippen molar-refractivity contribution in [3.8, 4) is 0 Å². The summed E-state index contributed by atoms with van der Waals surface area (Å²) in [6.45, 7) is 3.40. The first kappa shape index (κ1) is 19.2. The van der Waals surface area contributed by atoms with E-state index in [1.165, 1.54) is 0 Å². The fourth-order valence-electron chi connectivity index (χ4n) is 3.60. The molecule has 6 nitrogen and oxygen atoms in total. The zero-order chi connectivity index (χ0) is 17.6. The van der Waals surface area contributed by atoms with E-state index in [0.717, 1.165) is 38.6 Å². The molecule has 0 aromatic heterocycles. The van der Waals surface area contributed by atoms with Gasteiger partial charge in [0, 0.05) is 19.5 Å². The van der Waals surface area contributed by atoms with Crippen LogP contribution in [0.1, 0.15) is 51.9 Å². The monoisotopic (exact) mass is 358 g/mol. The maximum Gasteiger partial charge on any atom is 0.224 e. The van der Waals surface area contributed by atoms with Crippen LogP contribution in [0.15, 0.2) is 0 Å². The number of sulfone groups is 1. The number of hydrogen-bond donors (Lipinski definition) is 2. The number of nitrogens with one attached hydrogen (secondary N) is 2. The molecule has 0 aromatic carbocycles. The molecule has 1 saturated carbocycles. The highest BCUT2D eigenvalue weighted by atomic mass is 32.2. The first-order valence-electron chi connectivity index (χ1n) is 9.14. The number of rotatable bonds is 7. The van der Waals surface area contributed by atoms with Gasteiger partial charge in [-0.1, -0.05) is 6.92 Å². The lowest BCUT2D eigenvalue weighted by molar-refractivity contribution is -0.124. The van der Waals surface area contributed by atoms with Gasteiger partial charge in [-0.2, -0.15) is 0 Å². The molecule has 2 aliphatic rings. The first-order valence-corrected chi connectivity index (χ1v) is 11.0. The van der Waals surface area contributed by atoms with E-state index in [0.29, 0.717) is 31.2 Å². The van der Waals surface area contributed by atoms with Crippen LogP contribution in [0, 0.1) is 17.8 Å². The summed E-state index contributed by atoms with van der Waals surface area (Å²) in [4.78, 5) is 23.6. The first-order chi connectivity index (χ1) is 11.4. The maximum atomic E-state index is 12.1. The Balaban J connectivity index is 1.61. The summed E-state index contributed by atoms with van der Waals surface area (Å²) >= 11 is 0. The van der Waals surface area contributed by atoms with Crippen LogP contribution in [0.4, 0.5) is 0 Å². The number of carbonyl (C=O) groups excluding carboxylic acids is 2. The van der Waals surface area contributed by atoms with Gasteiger partial charge in [-0.05, 0) is 50.4 Å².